The second kappa shape index (κ2) is 7.60. The lowest BCUT2D eigenvalue weighted by atomic mass is 9.83. The van der Waals surface area contributed by atoms with E-state index >= 15 is 0 Å². The van der Waals surface area contributed by atoms with Crippen molar-refractivity contribution in [3.8, 4) is 0 Å². The van der Waals surface area contributed by atoms with Crippen molar-refractivity contribution in [1.82, 2.24) is 10.2 Å². The minimum atomic E-state index is -0.0764. The maximum absolute atomic E-state index is 12.0. The molecule has 1 N–H and O–H groups in total. The van der Waals surface area contributed by atoms with Gasteiger partial charge in [0.1, 0.15) is 6.54 Å². The van der Waals surface area contributed by atoms with Gasteiger partial charge in [0, 0.05) is 18.8 Å². The van der Waals surface area contributed by atoms with Crippen molar-refractivity contribution >= 4 is 22.9 Å². The van der Waals surface area contributed by atoms with Crippen molar-refractivity contribution in [1.29, 1.82) is 0 Å². The van der Waals surface area contributed by atoms with Gasteiger partial charge >= 0.3 is 0 Å². The SMILES string of the molecule is Cc1cc(C(C)(C)C)cc(C)c1CCNC(=O)CN1CCSC1=O. The fourth-order valence-corrected chi connectivity index (χ4v) is 3.77. The normalized spacial score (nSPS) is 15.0. The summed E-state index contributed by atoms with van der Waals surface area (Å²) in [6, 6.07) is 4.51. The third-order valence-corrected chi connectivity index (χ3v) is 5.33. The predicted molar refractivity (Wildman–Crippen MR) is 101 cm³/mol. The lowest BCUT2D eigenvalue weighted by Gasteiger charge is -2.22. The van der Waals surface area contributed by atoms with Crippen LogP contribution < -0.4 is 5.32 Å². The molecule has 1 aliphatic heterocycles. The smallest absolute Gasteiger partial charge is 0.282 e. The zero-order valence-corrected chi connectivity index (χ0v) is 16.2. The zero-order chi connectivity index (χ0) is 17.9. The number of aryl methyl sites for hydroxylation is 2. The van der Waals surface area contributed by atoms with E-state index in [1.165, 1.54) is 34.0 Å². The number of hydrogen-bond acceptors (Lipinski definition) is 3. The fraction of sp³-hybridized carbons (Fsp3) is 0.579. The van der Waals surface area contributed by atoms with Gasteiger partial charge in [0.2, 0.25) is 5.91 Å². The Bertz CT molecular complexity index is 612. The van der Waals surface area contributed by atoms with E-state index in [-0.39, 0.29) is 23.1 Å². The maximum atomic E-state index is 12.0. The molecule has 0 aromatic heterocycles. The van der Waals surface area contributed by atoms with E-state index < -0.39 is 0 Å². The van der Waals surface area contributed by atoms with Gasteiger partial charge in [-0.3, -0.25) is 9.59 Å². The van der Waals surface area contributed by atoms with Crippen LogP contribution in [0.5, 0.6) is 0 Å². The molecule has 4 nitrogen and oxygen atoms in total. The molecule has 0 unspecified atom stereocenters. The molecule has 1 aliphatic rings. The molecule has 0 spiro atoms. The van der Waals surface area contributed by atoms with Crippen LogP contribution in [0.4, 0.5) is 4.79 Å². The summed E-state index contributed by atoms with van der Waals surface area (Å²) in [5.41, 5.74) is 5.34. The zero-order valence-electron chi connectivity index (χ0n) is 15.4. The molecule has 1 heterocycles. The van der Waals surface area contributed by atoms with Gasteiger partial charge in [-0.25, -0.2) is 0 Å². The van der Waals surface area contributed by atoms with E-state index in [1.54, 1.807) is 4.90 Å². The van der Waals surface area contributed by atoms with Crippen LogP contribution in [0.25, 0.3) is 0 Å². The number of amides is 2. The summed E-state index contributed by atoms with van der Waals surface area (Å²) in [5.74, 6) is 0.706. The quantitative estimate of drug-likeness (QED) is 0.887. The van der Waals surface area contributed by atoms with E-state index in [4.69, 9.17) is 0 Å². The predicted octanol–water partition coefficient (Wildman–Crippen LogP) is 3.43. The van der Waals surface area contributed by atoms with E-state index in [2.05, 4.69) is 52.1 Å². The number of nitrogens with zero attached hydrogens (tertiary/aromatic N) is 1. The summed E-state index contributed by atoms with van der Waals surface area (Å²) >= 11 is 1.28. The summed E-state index contributed by atoms with van der Waals surface area (Å²) in [6.07, 6.45) is 0.816. The number of rotatable bonds is 5. The average Bonchev–Trinajstić information content (AvgIpc) is 2.86. The summed E-state index contributed by atoms with van der Waals surface area (Å²) in [7, 11) is 0. The Morgan fingerprint density at radius 1 is 1.25 bits per heavy atom. The monoisotopic (exact) mass is 348 g/mol. The third-order valence-electron chi connectivity index (χ3n) is 4.44. The lowest BCUT2D eigenvalue weighted by Crippen LogP contribution is -2.38. The van der Waals surface area contributed by atoms with Crippen LogP contribution in [0.3, 0.4) is 0 Å². The van der Waals surface area contributed by atoms with Gasteiger partial charge in [-0.15, -0.1) is 0 Å². The highest BCUT2D eigenvalue weighted by molar-refractivity contribution is 8.13. The fourth-order valence-electron chi connectivity index (χ4n) is 2.95. The highest BCUT2D eigenvalue weighted by Gasteiger charge is 2.23. The first-order valence-electron chi connectivity index (χ1n) is 8.47. The van der Waals surface area contributed by atoms with Crippen LogP contribution in [-0.2, 0) is 16.6 Å². The number of nitrogens with one attached hydrogen (secondary N) is 1. The molecule has 1 aromatic carbocycles. The van der Waals surface area contributed by atoms with Gasteiger partial charge in [-0.1, -0.05) is 44.7 Å². The summed E-state index contributed by atoms with van der Waals surface area (Å²) < 4.78 is 0. The molecule has 0 bridgehead atoms. The molecule has 0 saturated carbocycles. The van der Waals surface area contributed by atoms with E-state index in [0.29, 0.717) is 13.1 Å². The van der Waals surface area contributed by atoms with Crippen molar-refractivity contribution in [2.24, 2.45) is 0 Å². The minimum Gasteiger partial charge on any atom is -0.354 e. The third kappa shape index (κ3) is 4.76. The van der Waals surface area contributed by atoms with Crippen molar-refractivity contribution < 1.29 is 9.59 Å². The molecule has 0 atom stereocenters. The van der Waals surface area contributed by atoms with Gasteiger partial charge in [0.15, 0.2) is 0 Å². The molecule has 132 valence electrons. The Hall–Kier alpha value is -1.49. The van der Waals surface area contributed by atoms with Crippen LogP contribution in [0.1, 0.15) is 43.0 Å². The standard InChI is InChI=1S/C19H28N2O2S/c1-13-10-15(19(3,4)5)11-14(2)16(13)6-7-20-17(22)12-21-8-9-24-18(21)23/h10-11H,6-9,12H2,1-5H3,(H,20,22). The molecule has 2 rings (SSSR count). The first-order valence-corrected chi connectivity index (χ1v) is 9.46. The second-order valence-corrected chi connectivity index (χ2v) is 8.52. The highest BCUT2D eigenvalue weighted by Crippen LogP contribution is 2.27. The van der Waals surface area contributed by atoms with Gasteiger partial charge < -0.3 is 10.2 Å². The summed E-state index contributed by atoms with van der Waals surface area (Å²) in [6.45, 7) is 12.4. The first-order chi connectivity index (χ1) is 11.2. The number of benzene rings is 1. The molecule has 2 amide bonds. The molecule has 0 radical (unpaired) electrons. The number of thioether (sulfide) groups is 1. The van der Waals surface area contributed by atoms with Crippen molar-refractivity contribution in [2.75, 3.05) is 25.4 Å². The number of hydrogen-bond donors (Lipinski definition) is 1. The van der Waals surface area contributed by atoms with Crippen LogP contribution >= 0.6 is 11.8 Å². The van der Waals surface area contributed by atoms with Gasteiger partial charge in [0.25, 0.3) is 5.24 Å². The first kappa shape index (κ1) is 18.8. The Morgan fingerprint density at radius 3 is 2.38 bits per heavy atom. The van der Waals surface area contributed by atoms with Crippen molar-refractivity contribution in [3.05, 3.63) is 34.4 Å². The lowest BCUT2D eigenvalue weighted by molar-refractivity contribution is -0.121. The van der Waals surface area contributed by atoms with Gasteiger partial charge in [-0.05, 0) is 47.9 Å². The van der Waals surface area contributed by atoms with Crippen LogP contribution in [0, 0.1) is 13.8 Å². The van der Waals surface area contributed by atoms with Crippen molar-refractivity contribution in [2.45, 2.75) is 46.5 Å². The van der Waals surface area contributed by atoms with Crippen LogP contribution in [0.2, 0.25) is 0 Å². The van der Waals surface area contributed by atoms with E-state index in [9.17, 15) is 9.59 Å². The maximum Gasteiger partial charge on any atom is 0.282 e. The van der Waals surface area contributed by atoms with E-state index in [0.717, 1.165) is 12.2 Å². The topological polar surface area (TPSA) is 49.4 Å². The number of carbonyl (C=O) groups excluding carboxylic acids is 2. The Kier molecular flexibility index (Phi) is 5.97. The molecule has 0 aliphatic carbocycles. The molecule has 5 heteroatoms. The molecular weight excluding hydrogens is 320 g/mol. The molecule has 24 heavy (non-hydrogen) atoms. The van der Waals surface area contributed by atoms with Crippen LogP contribution in [-0.4, -0.2) is 41.4 Å². The summed E-state index contributed by atoms with van der Waals surface area (Å²) in [4.78, 5) is 25.1. The highest BCUT2D eigenvalue weighted by atomic mass is 32.2. The van der Waals surface area contributed by atoms with Crippen LogP contribution in [0.15, 0.2) is 12.1 Å². The largest absolute Gasteiger partial charge is 0.354 e. The van der Waals surface area contributed by atoms with Crippen molar-refractivity contribution in [3.63, 3.8) is 0 Å². The average molecular weight is 349 g/mol. The van der Waals surface area contributed by atoms with Gasteiger partial charge in [-0.2, -0.15) is 0 Å². The Labute approximate surface area is 149 Å². The molecule has 1 aromatic rings. The minimum absolute atomic E-state index is 0.00890. The van der Waals surface area contributed by atoms with E-state index in [1.807, 2.05) is 0 Å². The number of carbonyl (C=O) groups is 2. The molecular formula is C19H28N2O2S. The molecule has 1 saturated heterocycles. The van der Waals surface area contributed by atoms with Gasteiger partial charge in [0.05, 0.1) is 0 Å². The Morgan fingerprint density at radius 2 is 1.88 bits per heavy atom. The summed E-state index contributed by atoms with van der Waals surface area (Å²) in [5, 5.41) is 2.94. The Balaban J connectivity index is 1.90. The molecule has 1 fully saturated rings. The second-order valence-electron chi connectivity index (χ2n) is 7.47.